The number of rotatable bonds is 6. The van der Waals surface area contributed by atoms with Crippen LogP contribution in [0.15, 0.2) is 42.7 Å². The molecule has 0 saturated carbocycles. The highest BCUT2D eigenvalue weighted by molar-refractivity contribution is 5.94. The monoisotopic (exact) mass is 286 g/mol. The van der Waals surface area contributed by atoms with Crippen LogP contribution in [-0.2, 0) is 11.3 Å². The SMILES string of the molecule is Cc1cnn(CC(=O)NCCNC(=O)c2ccccc2)c1. The molecule has 0 spiro atoms. The number of carbonyl (C=O) groups excluding carboxylic acids is 2. The first kappa shape index (κ1) is 14.8. The van der Waals surface area contributed by atoms with Gasteiger partial charge in [0.05, 0.1) is 6.20 Å². The lowest BCUT2D eigenvalue weighted by molar-refractivity contribution is -0.121. The van der Waals surface area contributed by atoms with Crippen molar-refractivity contribution < 1.29 is 9.59 Å². The van der Waals surface area contributed by atoms with Crippen molar-refractivity contribution in [3.63, 3.8) is 0 Å². The van der Waals surface area contributed by atoms with Gasteiger partial charge in [0.1, 0.15) is 6.54 Å². The van der Waals surface area contributed by atoms with Gasteiger partial charge >= 0.3 is 0 Å². The van der Waals surface area contributed by atoms with E-state index in [1.54, 1.807) is 29.2 Å². The van der Waals surface area contributed by atoms with Gasteiger partial charge in [-0.15, -0.1) is 0 Å². The van der Waals surface area contributed by atoms with Crippen LogP contribution in [0.5, 0.6) is 0 Å². The van der Waals surface area contributed by atoms with Gasteiger partial charge in [-0.25, -0.2) is 0 Å². The quantitative estimate of drug-likeness (QED) is 0.769. The van der Waals surface area contributed by atoms with Crippen LogP contribution >= 0.6 is 0 Å². The second kappa shape index (κ2) is 7.23. The van der Waals surface area contributed by atoms with Gasteiger partial charge in [-0.2, -0.15) is 5.10 Å². The summed E-state index contributed by atoms with van der Waals surface area (Å²) in [6, 6.07) is 8.96. The van der Waals surface area contributed by atoms with Crippen molar-refractivity contribution in [1.29, 1.82) is 0 Å². The van der Waals surface area contributed by atoms with E-state index >= 15 is 0 Å². The number of nitrogens with zero attached hydrogens (tertiary/aromatic N) is 2. The van der Waals surface area contributed by atoms with E-state index in [1.165, 1.54) is 0 Å². The topological polar surface area (TPSA) is 76.0 Å². The van der Waals surface area contributed by atoms with Gasteiger partial charge in [-0.1, -0.05) is 18.2 Å². The summed E-state index contributed by atoms with van der Waals surface area (Å²) in [5.41, 5.74) is 1.62. The number of benzene rings is 1. The largest absolute Gasteiger partial charge is 0.353 e. The van der Waals surface area contributed by atoms with Crippen LogP contribution in [0, 0.1) is 6.92 Å². The Kier molecular flexibility index (Phi) is 5.09. The number of aryl methyl sites for hydroxylation is 1. The number of hydrogen-bond donors (Lipinski definition) is 2. The van der Waals surface area contributed by atoms with Gasteiger partial charge < -0.3 is 10.6 Å². The average Bonchev–Trinajstić information content (AvgIpc) is 2.89. The summed E-state index contributed by atoms with van der Waals surface area (Å²) in [7, 11) is 0. The highest BCUT2D eigenvalue weighted by Crippen LogP contribution is 1.97. The molecule has 1 aromatic heterocycles. The van der Waals surface area contributed by atoms with Crippen LogP contribution in [0.1, 0.15) is 15.9 Å². The minimum absolute atomic E-state index is 0.132. The molecular formula is C15H18N4O2. The molecule has 2 rings (SSSR count). The maximum atomic E-state index is 11.7. The Hall–Kier alpha value is -2.63. The molecule has 2 amide bonds. The van der Waals surface area contributed by atoms with Crippen molar-refractivity contribution in [3.05, 3.63) is 53.9 Å². The predicted molar refractivity (Wildman–Crippen MR) is 78.7 cm³/mol. The molecule has 0 aliphatic heterocycles. The third kappa shape index (κ3) is 4.76. The molecule has 0 saturated heterocycles. The van der Waals surface area contributed by atoms with Gasteiger partial charge in [-0.05, 0) is 24.6 Å². The lowest BCUT2D eigenvalue weighted by Gasteiger charge is -2.07. The van der Waals surface area contributed by atoms with Crippen LogP contribution in [0.2, 0.25) is 0 Å². The van der Waals surface area contributed by atoms with Crippen molar-refractivity contribution in [1.82, 2.24) is 20.4 Å². The van der Waals surface area contributed by atoms with Crippen LogP contribution < -0.4 is 10.6 Å². The molecule has 0 fully saturated rings. The van der Waals surface area contributed by atoms with E-state index in [9.17, 15) is 9.59 Å². The maximum absolute atomic E-state index is 11.7. The first-order valence-corrected chi connectivity index (χ1v) is 6.74. The summed E-state index contributed by atoms with van der Waals surface area (Å²) in [6.45, 7) is 2.87. The number of nitrogens with one attached hydrogen (secondary N) is 2. The Labute approximate surface area is 123 Å². The fourth-order valence-electron chi connectivity index (χ4n) is 1.83. The maximum Gasteiger partial charge on any atom is 0.251 e. The molecule has 110 valence electrons. The van der Waals surface area contributed by atoms with Crippen LogP contribution in [0.25, 0.3) is 0 Å². The molecule has 21 heavy (non-hydrogen) atoms. The van der Waals surface area contributed by atoms with E-state index in [4.69, 9.17) is 0 Å². The Balaban J connectivity index is 1.65. The zero-order chi connectivity index (χ0) is 15.1. The number of aromatic nitrogens is 2. The molecule has 0 aliphatic rings. The molecule has 2 N–H and O–H groups in total. The van der Waals surface area contributed by atoms with E-state index in [1.807, 2.05) is 25.1 Å². The summed E-state index contributed by atoms with van der Waals surface area (Å²) >= 11 is 0. The van der Waals surface area contributed by atoms with Crippen molar-refractivity contribution in [2.75, 3.05) is 13.1 Å². The Morgan fingerprint density at radius 1 is 1.14 bits per heavy atom. The Bertz CT molecular complexity index is 607. The minimum Gasteiger partial charge on any atom is -0.353 e. The highest BCUT2D eigenvalue weighted by Gasteiger charge is 2.05. The van der Waals surface area contributed by atoms with Gasteiger partial charge in [0.25, 0.3) is 5.91 Å². The third-order valence-electron chi connectivity index (χ3n) is 2.84. The van der Waals surface area contributed by atoms with Crippen molar-refractivity contribution in [2.24, 2.45) is 0 Å². The molecule has 0 radical (unpaired) electrons. The van der Waals surface area contributed by atoms with Crippen molar-refractivity contribution in [3.8, 4) is 0 Å². The summed E-state index contributed by atoms with van der Waals surface area (Å²) in [4.78, 5) is 23.4. The number of carbonyl (C=O) groups is 2. The molecule has 1 aromatic carbocycles. The molecule has 0 atom stereocenters. The molecule has 6 heteroatoms. The van der Waals surface area contributed by atoms with E-state index in [-0.39, 0.29) is 18.4 Å². The normalized spacial score (nSPS) is 10.1. The van der Waals surface area contributed by atoms with Crippen LogP contribution in [-0.4, -0.2) is 34.7 Å². The molecule has 1 heterocycles. The summed E-state index contributed by atoms with van der Waals surface area (Å²) < 4.78 is 1.58. The zero-order valence-corrected chi connectivity index (χ0v) is 11.9. The zero-order valence-electron chi connectivity index (χ0n) is 11.9. The molecule has 6 nitrogen and oxygen atoms in total. The van der Waals surface area contributed by atoms with Crippen molar-refractivity contribution in [2.45, 2.75) is 13.5 Å². The second-order valence-corrected chi connectivity index (χ2v) is 4.69. The number of amides is 2. The third-order valence-corrected chi connectivity index (χ3v) is 2.84. The Morgan fingerprint density at radius 3 is 2.52 bits per heavy atom. The van der Waals surface area contributed by atoms with Gasteiger partial charge in [0, 0.05) is 24.8 Å². The predicted octanol–water partition coefficient (Wildman–Crippen LogP) is 0.738. The van der Waals surface area contributed by atoms with Gasteiger partial charge in [0.15, 0.2) is 0 Å². The second-order valence-electron chi connectivity index (χ2n) is 4.69. The first-order valence-electron chi connectivity index (χ1n) is 6.74. The van der Waals surface area contributed by atoms with E-state index in [2.05, 4.69) is 15.7 Å². The molecule has 2 aromatic rings. The minimum atomic E-state index is -0.146. The van der Waals surface area contributed by atoms with E-state index in [0.29, 0.717) is 18.7 Å². The highest BCUT2D eigenvalue weighted by atomic mass is 16.2. The average molecular weight is 286 g/mol. The summed E-state index contributed by atoms with van der Waals surface area (Å²) in [6.07, 6.45) is 3.50. The summed E-state index contributed by atoms with van der Waals surface area (Å²) in [5.74, 6) is -0.278. The van der Waals surface area contributed by atoms with E-state index in [0.717, 1.165) is 5.56 Å². The van der Waals surface area contributed by atoms with E-state index < -0.39 is 0 Å². The number of hydrogen-bond acceptors (Lipinski definition) is 3. The molecule has 0 bridgehead atoms. The fraction of sp³-hybridized carbons (Fsp3) is 0.267. The van der Waals surface area contributed by atoms with Gasteiger partial charge in [0.2, 0.25) is 5.91 Å². The van der Waals surface area contributed by atoms with Crippen LogP contribution in [0.3, 0.4) is 0 Å². The molecule has 0 unspecified atom stereocenters. The smallest absolute Gasteiger partial charge is 0.251 e. The van der Waals surface area contributed by atoms with Gasteiger partial charge in [-0.3, -0.25) is 14.3 Å². The fourth-order valence-corrected chi connectivity index (χ4v) is 1.83. The standard InChI is InChI=1S/C15H18N4O2/c1-12-9-18-19(10-12)11-14(20)16-7-8-17-15(21)13-5-3-2-4-6-13/h2-6,9-10H,7-8,11H2,1H3,(H,16,20)(H,17,21). The summed E-state index contributed by atoms with van der Waals surface area (Å²) in [5, 5.41) is 9.52. The Morgan fingerprint density at radius 2 is 1.86 bits per heavy atom. The lowest BCUT2D eigenvalue weighted by atomic mass is 10.2. The van der Waals surface area contributed by atoms with Crippen molar-refractivity contribution >= 4 is 11.8 Å². The van der Waals surface area contributed by atoms with Crippen LogP contribution in [0.4, 0.5) is 0 Å². The molecule has 0 aliphatic carbocycles. The first-order chi connectivity index (χ1) is 10.1. The molecular weight excluding hydrogens is 268 g/mol. The lowest BCUT2D eigenvalue weighted by Crippen LogP contribution is -2.36.